The molecule has 0 saturated carbocycles. The Morgan fingerprint density at radius 3 is 2.59 bits per heavy atom. The Kier molecular flexibility index (Phi) is 7.29. The molecule has 192 valence electrons. The number of hydrogen-bond donors (Lipinski definition) is 2. The Morgan fingerprint density at radius 2 is 1.86 bits per heavy atom. The summed E-state index contributed by atoms with van der Waals surface area (Å²) in [4.78, 5) is 17.8. The van der Waals surface area contributed by atoms with E-state index in [0.29, 0.717) is 40.5 Å². The van der Waals surface area contributed by atoms with Crippen molar-refractivity contribution in [2.24, 2.45) is 0 Å². The third kappa shape index (κ3) is 5.71. The van der Waals surface area contributed by atoms with E-state index in [9.17, 15) is 0 Å². The lowest BCUT2D eigenvalue weighted by molar-refractivity contribution is 0.122. The van der Waals surface area contributed by atoms with Gasteiger partial charge in [0.05, 0.1) is 18.9 Å². The van der Waals surface area contributed by atoms with Gasteiger partial charge < -0.3 is 30.3 Å². The molecule has 37 heavy (non-hydrogen) atoms. The standard InChI is InChI=1S/C27H30FN7O2/c1-34(2)11-16-37-20-7-8-21(23(28)17-20)24-25-22(9-10-30-24)26(29)33-27(32-25)31-18-3-5-19(6-4-18)35-12-14-36-15-13-35/h3-10,17H,11-16H2,1-2H3,(H3,29,31,32,33). The summed E-state index contributed by atoms with van der Waals surface area (Å²) in [5.41, 5.74) is 9.36. The van der Waals surface area contributed by atoms with Gasteiger partial charge in [0.2, 0.25) is 5.95 Å². The number of halogens is 1. The first-order valence-corrected chi connectivity index (χ1v) is 12.2. The first-order chi connectivity index (χ1) is 18.0. The largest absolute Gasteiger partial charge is 0.492 e. The number of hydrogen-bond acceptors (Lipinski definition) is 9. The highest BCUT2D eigenvalue weighted by Gasteiger charge is 2.16. The number of fused-ring (bicyclic) bond motifs is 1. The molecule has 0 unspecified atom stereocenters. The van der Waals surface area contributed by atoms with Crippen LogP contribution >= 0.6 is 0 Å². The number of nitrogens with zero attached hydrogens (tertiary/aromatic N) is 5. The number of nitrogen functional groups attached to an aromatic ring is 1. The zero-order valence-electron chi connectivity index (χ0n) is 20.9. The van der Waals surface area contributed by atoms with Crippen molar-refractivity contribution < 1.29 is 13.9 Å². The smallest absolute Gasteiger partial charge is 0.229 e. The highest BCUT2D eigenvalue weighted by atomic mass is 19.1. The quantitative estimate of drug-likeness (QED) is 0.370. The van der Waals surface area contributed by atoms with E-state index in [-0.39, 0.29) is 5.82 Å². The molecule has 0 bridgehead atoms. The summed E-state index contributed by atoms with van der Waals surface area (Å²) in [5.74, 6) is 0.598. The molecule has 1 fully saturated rings. The molecule has 2 aromatic heterocycles. The SMILES string of the molecule is CN(C)CCOc1ccc(-c2nccc3c(N)nc(Nc4ccc(N5CCOCC5)cc4)nc23)c(F)c1. The van der Waals surface area contributed by atoms with E-state index in [4.69, 9.17) is 15.2 Å². The van der Waals surface area contributed by atoms with Gasteiger partial charge in [-0.15, -0.1) is 0 Å². The van der Waals surface area contributed by atoms with Crippen LogP contribution in [-0.2, 0) is 4.74 Å². The maximum Gasteiger partial charge on any atom is 0.229 e. The third-order valence-corrected chi connectivity index (χ3v) is 6.15. The summed E-state index contributed by atoms with van der Waals surface area (Å²) >= 11 is 0. The van der Waals surface area contributed by atoms with Crippen LogP contribution in [0.25, 0.3) is 22.2 Å². The van der Waals surface area contributed by atoms with Crippen LogP contribution in [0.3, 0.4) is 0 Å². The number of nitrogens with one attached hydrogen (secondary N) is 1. The van der Waals surface area contributed by atoms with Gasteiger partial charge in [-0.1, -0.05) is 0 Å². The van der Waals surface area contributed by atoms with Crippen molar-refractivity contribution in [1.29, 1.82) is 0 Å². The summed E-state index contributed by atoms with van der Waals surface area (Å²) < 4.78 is 26.2. The minimum atomic E-state index is -0.451. The number of morpholine rings is 1. The highest BCUT2D eigenvalue weighted by molar-refractivity contribution is 5.97. The topological polar surface area (TPSA) is 102 Å². The first-order valence-electron chi connectivity index (χ1n) is 12.2. The zero-order valence-corrected chi connectivity index (χ0v) is 20.9. The summed E-state index contributed by atoms with van der Waals surface area (Å²) in [5, 5.41) is 3.81. The minimum Gasteiger partial charge on any atom is -0.492 e. The molecular formula is C27H30FN7O2. The summed E-state index contributed by atoms with van der Waals surface area (Å²) in [6.07, 6.45) is 1.58. The lowest BCUT2D eigenvalue weighted by atomic mass is 10.1. The molecule has 3 N–H and O–H groups in total. The second-order valence-electron chi connectivity index (χ2n) is 9.05. The number of likely N-dealkylation sites (N-methyl/N-ethyl adjacent to an activating group) is 1. The van der Waals surface area contributed by atoms with Crippen molar-refractivity contribution in [3.63, 3.8) is 0 Å². The average Bonchev–Trinajstić information content (AvgIpc) is 2.90. The van der Waals surface area contributed by atoms with Gasteiger partial charge in [-0.05, 0) is 56.6 Å². The van der Waals surface area contributed by atoms with Crippen molar-refractivity contribution in [3.8, 4) is 17.0 Å². The summed E-state index contributed by atoms with van der Waals surface area (Å²) in [6, 6.07) is 14.5. The van der Waals surface area contributed by atoms with Crippen LogP contribution in [0.5, 0.6) is 5.75 Å². The number of ether oxygens (including phenoxy) is 2. The van der Waals surface area contributed by atoms with Gasteiger partial charge in [0, 0.05) is 54.2 Å². The Morgan fingerprint density at radius 1 is 1.08 bits per heavy atom. The number of pyridine rings is 1. The van der Waals surface area contributed by atoms with Crippen LogP contribution in [0.1, 0.15) is 0 Å². The van der Waals surface area contributed by atoms with E-state index in [2.05, 4.69) is 25.2 Å². The molecule has 1 aliphatic rings. The van der Waals surface area contributed by atoms with Gasteiger partial charge in [0.15, 0.2) is 0 Å². The Bertz CT molecular complexity index is 1380. The third-order valence-electron chi connectivity index (χ3n) is 6.15. The van der Waals surface area contributed by atoms with Crippen LogP contribution in [0.15, 0.2) is 54.7 Å². The summed E-state index contributed by atoms with van der Waals surface area (Å²) in [6.45, 7) is 4.39. The molecule has 2 aromatic carbocycles. The van der Waals surface area contributed by atoms with Crippen molar-refractivity contribution in [2.75, 3.05) is 69.5 Å². The Balaban J connectivity index is 1.41. The van der Waals surface area contributed by atoms with E-state index < -0.39 is 5.82 Å². The van der Waals surface area contributed by atoms with Crippen molar-refractivity contribution in [3.05, 3.63) is 60.5 Å². The number of aromatic nitrogens is 3. The fraction of sp³-hybridized carbons (Fsp3) is 0.296. The normalized spacial score (nSPS) is 13.8. The molecule has 0 spiro atoms. The number of anilines is 4. The van der Waals surface area contributed by atoms with Crippen molar-refractivity contribution in [2.45, 2.75) is 0 Å². The second-order valence-corrected chi connectivity index (χ2v) is 9.05. The van der Waals surface area contributed by atoms with E-state index in [1.165, 1.54) is 6.07 Å². The molecule has 5 rings (SSSR count). The number of benzene rings is 2. The van der Waals surface area contributed by atoms with Crippen LogP contribution in [-0.4, -0.2) is 73.4 Å². The van der Waals surface area contributed by atoms with E-state index in [0.717, 1.165) is 44.2 Å². The predicted molar refractivity (Wildman–Crippen MR) is 144 cm³/mol. The molecule has 0 radical (unpaired) electrons. The lowest BCUT2D eigenvalue weighted by Gasteiger charge is -2.28. The lowest BCUT2D eigenvalue weighted by Crippen LogP contribution is -2.36. The fourth-order valence-corrected chi connectivity index (χ4v) is 4.16. The Labute approximate surface area is 215 Å². The maximum absolute atomic E-state index is 15.2. The second kappa shape index (κ2) is 10.9. The monoisotopic (exact) mass is 503 g/mol. The van der Waals surface area contributed by atoms with Crippen molar-refractivity contribution >= 4 is 34.0 Å². The number of rotatable bonds is 8. The van der Waals surface area contributed by atoms with Gasteiger partial charge >= 0.3 is 0 Å². The molecule has 1 saturated heterocycles. The molecule has 0 amide bonds. The maximum atomic E-state index is 15.2. The Hall–Kier alpha value is -4.02. The highest BCUT2D eigenvalue weighted by Crippen LogP contribution is 2.32. The van der Waals surface area contributed by atoms with Crippen LogP contribution in [0, 0.1) is 5.82 Å². The van der Waals surface area contributed by atoms with E-state index in [1.807, 2.05) is 43.3 Å². The average molecular weight is 504 g/mol. The molecule has 3 heterocycles. The zero-order chi connectivity index (χ0) is 25.8. The number of nitrogens with two attached hydrogens (primary N) is 1. The molecular weight excluding hydrogens is 473 g/mol. The van der Waals surface area contributed by atoms with Gasteiger partial charge in [0.25, 0.3) is 0 Å². The van der Waals surface area contributed by atoms with Crippen molar-refractivity contribution in [1.82, 2.24) is 19.9 Å². The minimum absolute atomic E-state index is 0.283. The van der Waals surface area contributed by atoms with Crippen LogP contribution < -0.4 is 20.7 Å². The van der Waals surface area contributed by atoms with Gasteiger partial charge in [-0.2, -0.15) is 4.98 Å². The van der Waals surface area contributed by atoms with Gasteiger partial charge in [0.1, 0.15) is 29.5 Å². The first kappa shape index (κ1) is 24.7. The van der Waals surface area contributed by atoms with E-state index in [1.54, 1.807) is 24.4 Å². The predicted octanol–water partition coefficient (Wildman–Crippen LogP) is 3.93. The summed E-state index contributed by atoms with van der Waals surface area (Å²) in [7, 11) is 3.91. The molecule has 4 aromatic rings. The van der Waals surface area contributed by atoms with Gasteiger partial charge in [-0.3, -0.25) is 4.98 Å². The molecule has 9 nitrogen and oxygen atoms in total. The molecule has 0 atom stereocenters. The molecule has 1 aliphatic heterocycles. The molecule has 0 aliphatic carbocycles. The molecule has 10 heteroatoms. The van der Waals surface area contributed by atoms with E-state index >= 15 is 4.39 Å². The van der Waals surface area contributed by atoms with Crippen LogP contribution in [0.4, 0.5) is 27.5 Å². The van der Waals surface area contributed by atoms with Crippen LogP contribution in [0.2, 0.25) is 0 Å². The fourth-order valence-electron chi connectivity index (χ4n) is 4.16. The van der Waals surface area contributed by atoms with Gasteiger partial charge in [-0.25, -0.2) is 9.37 Å².